The van der Waals surface area contributed by atoms with Crippen molar-refractivity contribution in [1.29, 1.82) is 0 Å². The molecule has 0 bridgehead atoms. The molecule has 5 fully saturated rings. The number of aliphatic hydroxyl groups is 3. The Hall–Kier alpha value is -1.09. The summed E-state index contributed by atoms with van der Waals surface area (Å²) in [7, 11) is 1.49. The van der Waals surface area contributed by atoms with Gasteiger partial charge in [-0.3, -0.25) is 0 Å². The van der Waals surface area contributed by atoms with Crippen molar-refractivity contribution in [2.24, 2.45) is 28.6 Å². The van der Waals surface area contributed by atoms with Crippen molar-refractivity contribution in [3.8, 4) is 0 Å². The second-order valence-electron chi connectivity index (χ2n) is 13.9. The summed E-state index contributed by atoms with van der Waals surface area (Å²) in [6, 6.07) is 6.96. The Labute approximate surface area is 232 Å². The first-order chi connectivity index (χ1) is 18.5. The third kappa shape index (κ3) is 4.25. The highest BCUT2D eigenvalue weighted by atomic mass is 19.1. The van der Waals surface area contributed by atoms with Crippen molar-refractivity contribution in [3.05, 3.63) is 35.6 Å². The van der Waals surface area contributed by atoms with E-state index < -0.39 is 36.3 Å². The Balaban J connectivity index is 1.16. The largest absolute Gasteiger partial charge is 0.389 e. The minimum atomic E-state index is -1.04. The SMILES string of the molecule is CO[C@H]1[C@H](O)[C@H](O[C@H]2CC[C@@]3(C)[C@H](CC[C@@H]4[C@@H]3CC[C@]3(C)[C@H](c5ccc(F)cc5)CC[C@]43O)C2)O[C@@H](C)[C@@H]1O. The predicted molar refractivity (Wildman–Crippen MR) is 144 cm³/mol. The highest BCUT2D eigenvalue weighted by Gasteiger charge is 2.67. The first-order valence-electron chi connectivity index (χ1n) is 15.2. The maximum absolute atomic E-state index is 13.6. The van der Waals surface area contributed by atoms with Gasteiger partial charge in [-0.05, 0) is 111 Å². The van der Waals surface area contributed by atoms with Gasteiger partial charge in [0.2, 0.25) is 0 Å². The molecule has 5 aliphatic rings. The normalized spacial score (nSPS) is 51.6. The monoisotopic (exact) mass is 546 g/mol. The van der Waals surface area contributed by atoms with Crippen LogP contribution in [0, 0.1) is 34.4 Å². The first-order valence-corrected chi connectivity index (χ1v) is 15.2. The lowest BCUT2D eigenvalue weighted by atomic mass is 9.43. The van der Waals surface area contributed by atoms with Crippen molar-refractivity contribution >= 4 is 0 Å². The van der Waals surface area contributed by atoms with Gasteiger partial charge in [-0.2, -0.15) is 0 Å². The Morgan fingerprint density at radius 2 is 1.67 bits per heavy atom. The third-order valence-electron chi connectivity index (χ3n) is 12.5. The molecular weight excluding hydrogens is 499 g/mol. The molecule has 1 aliphatic heterocycles. The van der Waals surface area contributed by atoms with Crippen LogP contribution in [0.15, 0.2) is 24.3 Å². The molecule has 3 N–H and O–H groups in total. The molecule has 1 aromatic rings. The fourth-order valence-electron chi connectivity index (χ4n) is 10.1. The van der Waals surface area contributed by atoms with Gasteiger partial charge in [-0.1, -0.05) is 26.0 Å². The number of fused-ring (bicyclic) bond motifs is 5. The fraction of sp³-hybridized carbons (Fsp3) is 0.812. The van der Waals surface area contributed by atoms with Crippen LogP contribution in [0.1, 0.15) is 90.0 Å². The lowest BCUT2D eigenvalue weighted by Gasteiger charge is -2.64. The molecule has 1 heterocycles. The highest BCUT2D eigenvalue weighted by molar-refractivity contribution is 5.29. The molecule has 1 saturated heterocycles. The van der Waals surface area contributed by atoms with Crippen LogP contribution in [-0.2, 0) is 14.2 Å². The molecule has 0 aromatic heterocycles. The molecule has 0 spiro atoms. The van der Waals surface area contributed by atoms with E-state index in [1.807, 2.05) is 12.1 Å². The molecule has 0 radical (unpaired) electrons. The topological polar surface area (TPSA) is 88.4 Å². The van der Waals surface area contributed by atoms with Gasteiger partial charge in [0.05, 0.1) is 17.8 Å². The van der Waals surface area contributed by atoms with Crippen LogP contribution in [-0.4, -0.2) is 64.8 Å². The smallest absolute Gasteiger partial charge is 0.186 e. The fourth-order valence-corrected chi connectivity index (χ4v) is 10.1. The van der Waals surface area contributed by atoms with Gasteiger partial charge in [0.1, 0.15) is 24.1 Å². The van der Waals surface area contributed by atoms with Crippen molar-refractivity contribution < 1.29 is 33.9 Å². The van der Waals surface area contributed by atoms with Crippen LogP contribution in [0.3, 0.4) is 0 Å². The summed E-state index contributed by atoms with van der Waals surface area (Å²) in [5.41, 5.74) is 0.430. The van der Waals surface area contributed by atoms with Gasteiger partial charge < -0.3 is 29.5 Å². The van der Waals surface area contributed by atoms with E-state index in [0.29, 0.717) is 11.8 Å². The first kappa shape index (κ1) is 28.0. The van der Waals surface area contributed by atoms with E-state index in [0.717, 1.165) is 63.4 Å². The number of hydrogen-bond donors (Lipinski definition) is 3. The highest BCUT2D eigenvalue weighted by Crippen LogP contribution is 2.70. The van der Waals surface area contributed by atoms with Crippen molar-refractivity contribution in [3.63, 3.8) is 0 Å². The van der Waals surface area contributed by atoms with E-state index in [1.54, 1.807) is 19.1 Å². The van der Waals surface area contributed by atoms with Crippen LogP contribution in [0.4, 0.5) is 4.39 Å². The van der Waals surface area contributed by atoms with Crippen LogP contribution in [0.25, 0.3) is 0 Å². The Bertz CT molecular complexity index is 1040. The Morgan fingerprint density at radius 3 is 2.38 bits per heavy atom. The molecule has 1 aromatic carbocycles. The Morgan fingerprint density at radius 1 is 0.923 bits per heavy atom. The van der Waals surface area contributed by atoms with Crippen molar-refractivity contribution in [2.75, 3.05) is 7.11 Å². The predicted octanol–water partition coefficient (Wildman–Crippen LogP) is 4.93. The summed E-state index contributed by atoms with van der Waals surface area (Å²) >= 11 is 0. The number of benzene rings is 1. The van der Waals surface area contributed by atoms with E-state index in [-0.39, 0.29) is 34.6 Å². The zero-order chi connectivity index (χ0) is 27.7. The van der Waals surface area contributed by atoms with Gasteiger partial charge in [0.25, 0.3) is 0 Å². The van der Waals surface area contributed by atoms with Gasteiger partial charge in [0.15, 0.2) is 6.29 Å². The minimum absolute atomic E-state index is 0.00879. The number of ether oxygens (including phenoxy) is 3. The number of hydrogen-bond acceptors (Lipinski definition) is 6. The molecular formula is C32H47FO6. The van der Waals surface area contributed by atoms with Gasteiger partial charge in [-0.25, -0.2) is 4.39 Å². The minimum Gasteiger partial charge on any atom is -0.389 e. The van der Waals surface area contributed by atoms with Crippen LogP contribution in [0.5, 0.6) is 0 Å². The van der Waals surface area contributed by atoms with Crippen molar-refractivity contribution in [2.45, 2.75) is 127 Å². The molecule has 4 aliphatic carbocycles. The summed E-state index contributed by atoms with van der Waals surface area (Å²) in [4.78, 5) is 0. The maximum atomic E-state index is 13.6. The van der Waals surface area contributed by atoms with Crippen LogP contribution in [0.2, 0.25) is 0 Å². The van der Waals surface area contributed by atoms with E-state index in [4.69, 9.17) is 14.2 Å². The van der Waals surface area contributed by atoms with Crippen LogP contribution < -0.4 is 0 Å². The third-order valence-corrected chi connectivity index (χ3v) is 12.5. The van der Waals surface area contributed by atoms with Crippen molar-refractivity contribution in [1.82, 2.24) is 0 Å². The zero-order valence-electron chi connectivity index (χ0n) is 23.9. The summed E-state index contributed by atoms with van der Waals surface area (Å²) in [5.74, 6) is 1.32. The van der Waals surface area contributed by atoms with Gasteiger partial charge in [-0.15, -0.1) is 0 Å². The Kier molecular flexibility index (Phi) is 7.21. The van der Waals surface area contributed by atoms with E-state index in [9.17, 15) is 19.7 Å². The standard InChI is InChI=1S/C32H47FO6/c1-18-26(34)28(37-4)27(35)29(38-18)39-22-11-14-30(2)20(17-22)7-10-25-24(30)12-15-31(3)23(13-16-32(25,31)36)19-5-8-21(33)9-6-19/h5-6,8-9,18,20,22-29,34-36H,7,10-17H2,1-4H3/t18-,20+,22-,23-,24-,25+,26-,27-,28+,29-,30-,31+,32-/m0/s1. The maximum Gasteiger partial charge on any atom is 0.186 e. The lowest BCUT2D eigenvalue weighted by Crippen LogP contribution is -2.62. The van der Waals surface area contributed by atoms with E-state index in [1.165, 1.54) is 7.11 Å². The summed E-state index contributed by atoms with van der Waals surface area (Å²) in [6.07, 6.45) is 4.89. The molecule has 0 unspecified atom stereocenters. The molecule has 4 saturated carbocycles. The van der Waals surface area contributed by atoms with Gasteiger partial charge in [0, 0.05) is 12.5 Å². The summed E-state index contributed by atoms with van der Waals surface area (Å²) < 4.78 is 31.2. The summed E-state index contributed by atoms with van der Waals surface area (Å²) in [5, 5.41) is 33.6. The van der Waals surface area contributed by atoms with E-state index >= 15 is 0 Å². The molecule has 6 rings (SSSR count). The molecule has 0 amide bonds. The average Bonchev–Trinajstić information content (AvgIpc) is 3.19. The number of rotatable bonds is 4. The number of halogens is 1. The zero-order valence-corrected chi connectivity index (χ0v) is 23.9. The molecule has 6 nitrogen and oxygen atoms in total. The number of methoxy groups -OCH3 is 1. The second-order valence-corrected chi connectivity index (χ2v) is 13.9. The van der Waals surface area contributed by atoms with E-state index in [2.05, 4.69) is 13.8 Å². The average molecular weight is 547 g/mol. The quantitative estimate of drug-likeness (QED) is 0.464. The van der Waals surface area contributed by atoms with Crippen LogP contribution >= 0.6 is 0 Å². The molecule has 218 valence electrons. The van der Waals surface area contributed by atoms with Gasteiger partial charge >= 0.3 is 0 Å². The molecule has 39 heavy (non-hydrogen) atoms. The molecule has 13 atom stereocenters. The summed E-state index contributed by atoms with van der Waals surface area (Å²) in [6.45, 7) is 6.53. The number of aliphatic hydroxyl groups excluding tert-OH is 2. The molecule has 7 heteroatoms. The second kappa shape index (κ2) is 10.0. The lowest BCUT2D eigenvalue weighted by molar-refractivity contribution is -0.313.